The number of aromatic nitrogens is 1. The van der Waals surface area contributed by atoms with Crippen LogP contribution in [0.15, 0.2) is 77.3 Å². The number of rotatable bonds is 6. The highest BCUT2D eigenvalue weighted by atomic mass is 32.1. The number of benzene rings is 2. The molecule has 2 aromatic carbocycles. The molecule has 2 amide bonds. The summed E-state index contributed by atoms with van der Waals surface area (Å²) >= 11 is 1.34. The Morgan fingerprint density at radius 1 is 1.07 bits per heavy atom. The van der Waals surface area contributed by atoms with E-state index in [4.69, 9.17) is 0 Å². The number of hydrazone groups is 1. The van der Waals surface area contributed by atoms with Gasteiger partial charge in [0, 0.05) is 28.4 Å². The van der Waals surface area contributed by atoms with Crippen molar-refractivity contribution < 1.29 is 14.0 Å². The van der Waals surface area contributed by atoms with E-state index >= 15 is 0 Å². The van der Waals surface area contributed by atoms with Crippen LogP contribution in [-0.2, 0) is 11.3 Å². The van der Waals surface area contributed by atoms with Gasteiger partial charge in [-0.15, -0.1) is 11.3 Å². The van der Waals surface area contributed by atoms with Crippen LogP contribution in [0.2, 0.25) is 0 Å². The van der Waals surface area contributed by atoms with E-state index in [1.54, 1.807) is 29.1 Å². The Bertz CT molecular complexity index is 1210. The summed E-state index contributed by atoms with van der Waals surface area (Å²) in [6.45, 7) is 0.0767. The molecule has 2 heterocycles. The van der Waals surface area contributed by atoms with Crippen molar-refractivity contribution in [3.8, 4) is 0 Å². The lowest BCUT2D eigenvalue weighted by Gasteiger charge is -2.07. The van der Waals surface area contributed by atoms with Gasteiger partial charge < -0.3 is 9.88 Å². The van der Waals surface area contributed by atoms with Gasteiger partial charge in [0.1, 0.15) is 12.4 Å². The maximum atomic E-state index is 13.0. The van der Waals surface area contributed by atoms with Crippen molar-refractivity contribution in [1.82, 2.24) is 9.99 Å². The molecule has 0 fully saturated rings. The molecule has 2 aromatic heterocycles. The molecule has 30 heavy (non-hydrogen) atoms. The maximum absolute atomic E-state index is 13.0. The molecule has 0 aliphatic heterocycles. The Balaban J connectivity index is 1.50. The Hall–Kier alpha value is -3.78. The van der Waals surface area contributed by atoms with Crippen molar-refractivity contribution in [1.29, 1.82) is 0 Å². The van der Waals surface area contributed by atoms with Gasteiger partial charge >= 0.3 is 0 Å². The first-order chi connectivity index (χ1) is 14.6. The van der Waals surface area contributed by atoms with Crippen molar-refractivity contribution >= 4 is 46.0 Å². The summed E-state index contributed by atoms with van der Waals surface area (Å²) in [6.07, 6.45) is 3.36. The van der Waals surface area contributed by atoms with E-state index in [0.29, 0.717) is 10.6 Å². The average Bonchev–Trinajstić information content (AvgIpc) is 3.39. The molecule has 6 nitrogen and oxygen atoms in total. The molecule has 8 heteroatoms. The molecule has 0 saturated heterocycles. The summed E-state index contributed by atoms with van der Waals surface area (Å²) in [7, 11) is 0. The number of nitrogens with zero attached hydrogens (tertiary/aromatic N) is 2. The third-order valence-electron chi connectivity index (χ3n) is 4.38. The van der Waals surface area contributed by atoms with Gasteiger partial charge in [-0.3, -0.25) is 9.59 Å². The van der Waals surface area contributed by atoms with E-state index < -0.39 is 0 Å². The first kappa shape index (κ1) is 19.5. The van der Waals surface area contributed by atoms with Crippen LogP contribution in [0, 0.1) is 5.82 Å². The number of hydrogen-bond donors (Lipinski definition) is 2. The Labute approximate surface area is 175 Å². The largest absolute Gasteiger partial charge is 0.337 e. The van der Waals surface area contributed by atoms with Crippen molar-refractivity contribution in [3.63, 3.8) is 0 Å². The number of para-hydroxylation sites is 1. The van der Waals surface area contributed by atoms with E-state index in [-0.39, 0.29) is 24.2 Å². The zero-order valence-electron chi connectivity index (χ0n) is 15.7. The van der Waals surface area contributed by atoms with E-state index in [1.807, 2.05) is 29.6 Å². The highest BCUT2D eigenvalue weighted by molar-refractivity contribution is 7.12. The number of thiophene rings is 1. The quantitative estimate of drug-likeness (QED) is 0.362. The fraction of sp³-hybridized carbons (Fsp3) is 0.0455. The standard InChI is InChI=1S/C22H17FN4O2S/c23-16-7-9-17(10-8-16)25-21(28)14-27-13-15(18-4-1-2-5-19(18)27)12-24-26-22(29)20-6-3-11-30-20/h1-13H,14H2,(H,25,28)(H,26,29). The Morgan fingerprint density at radius 2 is 1.87 bits per heavy atom. The van der Waals surface area contributed by atoms with E-state index in [2.05, 4.69) is 15.8 Å². The monoisotopic (exact) mass is 420 g/mol. The number of fused-ring (bicyclic) bond motifs is 1. The van der Waals surface area contributed by atoms with Crippen LogP contribution in [0.1, 0.15) is 15.2 Å². The second kappa shape index (κ2) is 8.71. The maximum Gasteiger partial charge on any atom is 0.281 e. The molecule has 150 valence electrons. The molecule has 2 N–H and O–H groups in total. The molecule has 0 spiro atoms. The minimum absolute atomic E-state index is 0.0767. The summed E-state index contributed by atoms with van der Waals surface area (Å²) in [4.78, 5) is 25.0. The van der Waals surface area contributed by atoms with Crippen molar-refractivity contribution in [2.75, 3.05) is 5.32 Å². The minimum atomic E-state index is -0.362. The van der Waals surface area contributed by atoms with Gasteiger partial charge in [0.25, 0.3) is 5.91 Å². The average molecular weight is 420 g/mol. The highest BCUT2D eigenvalue weighted by Crippen LogP contribution is 2.20. The summed E-state index contributed by atoms with van der Waals surface area (Å²) < 4.78 is 14.8. The fourth-order valence-electron chi connectivity index (χ4n) is 3.02. The highest BCUT2D eigenvalue weighted by Gasteiger charge is 2.11. The predicted molar refractivity (Wildman–Crippen MR) is 116 cm³/mol. The summed E-state index contributed by atoms with van der Waals surface area (Å²) in [5.41, 5.74) is 4.66. The predicted octanol–water partition coefficient (Wildman–Crippen LogP) is 4.24. The normalized spacial score (nSPS) is 11.1. The fourth-order valence-corrected chi connectivity index (χ4v) is 3.63. The van der Waals surface area contributed by atoms with Crippen LogP contribution in [0.4, 0.5) is 10.1 Å². The van der Waals surface area contributed by atoms with Crippen LogP contribution in [0.3, 0.4) is 0 Å². The number of carbonyl (C=O) groups is 2. The Kier molecular flexibility index (Phi) is 5.67. The van der Waals surface area contributed by atoms with E-state index in [1.165, 1.54) is 35.6 Å². The van der Waals surface area contributed by atoms with Crippen molar-refractivity contribution in [2.45, 2.75) is 6.54 Å². The lowest BCUT2D eigenvalue weighted by Crippen LogP contribution is -2.18. The number of hydrogen-bond acceptors (Lipinski definition) is 4. The summed E-state index contributed by atoms with van der Waals surface area (Å²) in [5, 5.41) is 9.52. The molecule has 4 aromatic rings. The third-order valence-corrected chi connectivity index (χ3v) is 5.24. The third kappa shape index (κ3) is 4.44. The minimum Gasteiger partial charge on any atom is -0.337 e. The molecule has 4 rings (SSSR count). The molecular formula is C22H17FN4O2S. The first-order valence-electron chi connectivity index (χ1n) is 9.10. The van der Waals surface area contributed by atoms with Crippen molar-refractivity contribution in [2.24, 2.45) is 5.10 Å². The number of halogens is 1. The van der Waals surface area contributed by atoms with E-state index in [0.717, 1.165) is 16.5 Å². The van der Waals surface area contributed by atoms with Crippen LogP contribution < -0.4 is 10.7 Å². The second-order valence-electron chi connectivity index (χ2n) is 6.46. The molecular weight excluding hydrogens is 403 g/mol. The first-order valence-corrected chi connectivity index (χ1v) is 9.98. The topological polar surface area (TPSA) is 75.5 Å². The lowest BCUT2D eigenvalue weighted by atomic mass is 10.2. The van der Waals surface area contributed by atoms with Crippen molar-refractivity contribution in [3.05, 3.63) is 88.5 Å². The lowest BCUT2D eigenvalue weighted by molar-refractivity contribution is -0.116. The van der Waals surface area contributed by atoms with Gasteiger partial charge in [-0.05, 0) is 41.8 Å². The summed E-state index contributed by atoms with van der Waals surface area (Å²) in [6, 6.07) is 16.7. The molecule has 0 radical (unpaired) electrons. The van der Waals surface area contributed by atoms with Gasteiger partial charge in [0.15, 0.2) is 0 Å². The SMILES string of the molecule is O=C(Cn1cc(C=NNC(=O)c2cccs2)c2ccccc21)Nc1ccc(F)cc1. The van der Waals surface area contributed by atoms with Gasteiger partial charge in [0.05, 0.1) is 11.1 Å². The van der Waals surface area contributed by atoms with Gasteiger partial charge in [-0.25, -0.2) is 9.82 Å². The molecule has 0 bridgehead atoms. The van der Waals surface area contributed by atoms with Gasteiger partial charge in [0.2, 0.25) is 5.91 Å². The van der Waals surface area contributed by atoms with Crippen LogP contribution in [-0.4, -0.2) is 22.6 Å². The molecule has 0 saturated carbocycles. The van der Waals surface area contributed by atoms with Crippen LogP contribution >= 0.6 is 11.3 Å². The zero-order chi connectivity index (χ0) is 20.9. The molecule has 0 aliphatic rings. The van der Waals surface area contributed by atoms with E-state index in [9.17, 15) is 14.0 Å². The smallest absolute Gasteiger partial charge is 0.281 e. The van der Waals surface area contributed by atoms with Crippen LogP contribution in [0.25, 0.3) is 10.9 Å². The summed E-state index contributed by atoms with van der Waals surface area (Å²) in [5.74, 6) is -0.875. The molecule has 0 aliphatic carbocycles. The number of carbonyl (C=O) groups excluding carboxylic acids is 2. The van der Waals surface area contributed by atoms with Gasteiger partial charge in [-0.1, -0.05) is 24.3 Å². The second-order valence-corrected chi connectivity index (χ2v) is 7.41. The Morgan fingerprint density at radius 3 is 2.63 bits per heavy atom. The van der Waals surface area contributed by atoms with Crippen LogP contribution in [0.5, 0.6) is 0 Å². The number of amides is 2. The van der Waals surface area contributed by atoms with Gasteiger partial charge in [-0.2, -0.15) is 5.10 Å². The zero-order valence-corrected chi connectivity index (χ0v) is 16.5. The number of nitrogens with one attached hydrogen (secondary N) is 2. The molecule has 0 unspecified atom stereocenters. The molecule has 0 atom stereocenters. The number of anilines is 1.